The highest BCUT2D eigenvalue weighted by Crippen LogP contribution is 2.46. The summed E-state index contributed by atoms with van der Waals surface area (Å²) < 4.78 is 15.9. The molecule has 1 aliphatic heterocycles. The minimum Gasteiger partial charge on any atom is -0.465 e. The van der Waals surface area contributed by atoms with Crippen molar-refractivity contribution in [2.24, 2.45) is 5.41 Å². The Kier molecular flexibility index (Phi) is 5.74. The van der Waals surface area contributed by atoms with Crippen LogP contribution in [0.2, 0.25) is 0 Å². The van der Waals surface area contributed by atoms with E-state index in [1.807, 2.05) is 0 Å². The fraction of sp³-hybridized carbons (Fsp3) is 0.421. The van der Waals surface area contributed by atoms with Crippen molar-refractivity contribution >= 4 is 17.7 Å². The summed E-state index contributed by atoms with van der Waals surface area (Å²) >= 11 is 0. The van der Waals surface area contributed by atoms with Gasteiger partial charge in [0, 0.05) is 5.56 Å². The van der Waals surface area contributed by atoms with E-state index in [1.54, 1.807) is 51.1 Å². The maximum Gasteiger partial charge on any atom is 0.331 e. The average Bonchev–Trinajstić information content (AvgIpc) is 2.88. The lowest BCUT2D eigenvalue weighted by atomic mass is 9.74. The summed E-state index contributed by atoms with van der Waals surface area (Å²) in [6.45, 7) is 8.81. The number of carbonyl (C=O) groups is 3. The fourth-order valence-electron chi connectivity index (χ4n) is 2.94. The summed E-state index contributed by atoms with van der Waals surface area (Å²) in [4.78, 5) is 38.5. The van der Waals surface area contributed by atoms with Crippen LogP contribution in [-0.2, 0) is 23.8 Å². The molecular formula is C19H22O6. The SMILES string of the molecule is C=C1[C@@H](C)O[C@@H](C(=O)c2ccccc2)C1(C(=O)OCC)C(=O)OCC. The largest absolute Gasteiger partial charge is 0.465 e. The van der Waals surface area contributed by atoms with E-state index < -0.39 is 35.3 Å². The van der Waals surface area contributed by atoms with Crippen molar-refractivity contribution in [3.8, 4) is 0 Å². The molecule has 1 aliphatic rings. The van der Waals surface area contributed by atoms with Gasteiger partial charge in [0.2, 0.25) is 5.41 Å². The van der Waals surface area contributed by atoms with Crippen molar-refractivity contribution in [3.05, 3.63) is 48.0 Å². The molecular weight excluding hydrogens is 324 g/mol. The van der Waals surface area contributed by atoms with Crippen LogP contribution in [0, 0.1) is 5.41 Å². The molecule has 1 aromatic rings. The standard InChI is InChI=1S/C19H22O6/c1-5-23-17(21)19(18(22)24-6-2)12(3)13(4)25-16(19)15(20)14-10-8-7-9-11-14/h7-11,13,16H,3,5-6H2,1-2,4H3/t13-,16+/m1/s1. The summed E-state index contributed by atoms with van der Waals surface area (Å²) in [7, 11) is 0. The van der Waals surface area contributed by atoms with Gasteiger partial charge in [0.25, 0.3) is 0 Å². The molecule has 2 atom stereocenters. The van der Waals surface area contributed by atoms with Crippen LogP contribution in [0.4, 0.5) is 0 Å². The molecule has 2 rings (SSSR count). The van der Waals surface area contributed by atoms with Gasteiger partial charge < -0.3 is 14.2 Å². The molecule has 1 saturated heterocycles. The van der Waals surface area contributed by atoms with Crippen molar-refractivity contribution in [2.45, 2.75) is 33.0 Å². The van der Waals surface area contributed by atoms with Gasteiger partial charge in [-0.25, -0.2) is 0 Å². The first kappa shape index (κ1) is 18.9. The average molecular weight is 346 g/mol. The summed E-state index contributed by atoms with van der Waals surface area (Å²) in [6, 6.07) is 8.34. The van der Waals surface area contributed by atoms with Crippen molar-refractivity contribution in [1.82, 2.24) is 0 Å². The van der Waals surface area contributed by atoms with Crippen LogP contribution < -0.4 is 0 Å². The molecule has 0 amide bonds. The highest BCUT2D eigenvalue weighted by molar-refractivity contribution is 6.13. The number of ether oxygens (including phenoxy) is 3. The first-order chi connectivity index (χ1) is 11.9. The number of esters is 2. The molecule has 0 spiro atoms. The number of rotatable bonds is 6. The second kappa shape index (κ2) is 7.61. The number of hydrogen-bond acceptors (Lipinski definition) is 6. The zero-order chi connectivity index (χ0) is 18.6. The van der Waals surface area contributed by atoms with Crippen molar-refractivity contribution in [3.63, 3.8) is 0 Å². The quantitative estimate of drug-likeness (QED) is 0.340. The molecule has 134 valence electrons. The predicted molar refractivity (Wildman–Crippen MR) is 89.9 cm³/mol. The third kappa shape index (κ3) is 3.09. The number of ketones is 1. The third-order valence-electron chi connectivity index (χ3n) is 4.22. The highest BCUT2D eigenvalue weighted by atomic mass is 16.6. The molecule has 1 heterocycles. The minimum atomic E-state index is -2.00. The summed E-state index contributed by atoms with van der Waals surface area (Å²) in [5, 5.41) is 0. The molecule has 6 heteroatoms. The van der Waals surface area contributed by atoms with E-state index in [2.05, 4.69) is 6.58 Å². The van der Waals surface area contributed by atoms with Gasteiger partial charge in [-0.05, 0) is 26.3 Å². The maximum atomic E-state index is 13.0. The molecule has 25 heavy (non-hydrogen) atoms. The van der Waals surface area contributed by atoms with Gasteiger partial charge in [0.15, 0.2) is 11.9 Å². The van der Waals surface area contributed by atoms with Gasteiger partial charge in [-0.2, -0.15) is 0 Å². The van der Waals surface area contributed by atoms with Crippen LogP contribution in [0.5, 0.6) is 0 Å². The van der Waals surface area contributed by atoms with Crippen LogP contribution in [0.25, 0.3) is 0 Å². The molecule has 0 aliphatic carbocycles. The van der Waals surface area contributed by atoms with E-state index in [0.717, 1.165) is 0 Å². The fourth-order valence-corrected chi connectivity index (χ4v) is 2.94. The lowest BCUT2D eigenvalue weighted by molar-refractivity contribution is -0.172. The van der Waals surface area contributed by atoms with Gasteiger partial charge >= 0.3 is 11.9 Å². The van der Waals surface area contributed by atoms with Crippen molar-refractivity contribution in [2.75, 3.05) is 13.2 Å². The second-order valence-electron chi connectivity index (χ2n) is 5.66. The third-order valence-corrected chi connectivity index (χ3v) is 4.22. The van der Waals surface area contributed by atoms with E-state index in [1.165, 1.54) is 0 Å². The Hall–Kier alpha value is -2.47. The predicted octanol–water partition coefficient (Wildman–Crippen LogP) is 2.33. The Morgan fingerprint density at radius 1 is 1.08 bits per heavy atom. The van der Waals surface area contributed by atoms with Gasteiger partial charge in [0.1, 0.15) is 0 Å². The lowest BCUT2D eigenvalue weighted by Gasteiger charge is -2.29. The Morgan fingerprint density at radius 3 is 2.08 bits per heavy atom. The molecule has 0 radical (unpaired) electrons. The molecule has 6 nitrogen and oxygen atoms in total. The summed E-state index contributed by atoms with van der Waals surface area (Å²) in [5.41, 5.74) is -1.51. The number of carbonyl (C=O) groups excluding carboxylic acids is 3. The smallest absolute Gasteiger partial charge is 0.331 e. The Balaban J connectivity index is 2.58. The van der Waals surface area contributed by atoms with Crippen LogP contribution in [-0.4, -0.2) is 43.1 Å². The zero-order valence-corrected chi connectivity index (χ0v) is 14.6. The minimum absolute atomic E-state index is 0.0495. The summed E-state index contributed by atoms with van der Waals surface area (Å²) in [6.07, 6.45) is -2.05. The van der Waals surface area contributed by atoms with Gasteiger partial charge in [-0.15, -0.1) is 0 Å². The summed E-state index contributed by atoms with van der Waals surface area (Å²) in [5.74, 6) is -2.25. The van der Waals surface area contributed by atoms with Crippen LogP contribution in [0.15, 0.2) is 42.5 Å². The highest BCUT2D eigenvalue weighted by Gasteiger charge is 2.66. The monoisotopic (exact) mass is 346 g/mol. The Morgan fingerprint density at radius 2 is 1.60 bits per heavy atom. The Labute approximate surface area is 146 Å². The van der Waals surface area contributed by atoms with Crippen molar-refractivity contribution < 1.29 is 28.6 Å². The maximum absolute atomic E-state index is 13.0. The lowest BCUT2D eigenvalue weighted by Crippen LogP contribution is -2.52. The van der Waals surface area contributed by atoms with Crippen LogP contribution in [0.3, 0.4) is 0 Å². The van der Waals surface area contributed by atoms with Crippen LogP contribution >= 0.6 is 0 Å². The van der Waals surface area contributed by atoms with Crippen LogP contribution in [0.1, 0.15) is 31.1 Å². The normalized spacial score (nSPS) is 21.6. The van der Waals surface area contributed by atoms with Crippen molar-refractivity contribution in [1.29, 1.82) is 0 Å². The molecule has 0 unspecified atom stereocenters. The number of Topliss-reactive ketones (excluding diaryl/α,β-unsaturated/α-hetero) is 1. The molecule has 0 saturated carbocycles. The van der Waals surface area contributed by atoms with E-state index in [-0.39, 0.29) is 18.8 Å². The molecule has 1 aromatic carbocycles. The van der Waals surface area contributed by atoms with E-state index >= 15 is 0 Å². The molecule has 1 fully saturated rings. The molecule has 0 N–H and O–H groups in total. The van der Waals surface area contributed by atoms with Gasteiger partial charge in [-0.3, -0.25) is 14.4 Å². The number of benzene rings is 1. The topological polar surface area (TPSA) is 78.9 Å². The molecule has 0 aromatic heterocycles. The van der Waals surface area contributed by atoms with Gasteiger partial charge in [0.05, 0.1) is 19.3 Å². The Bertz CT molecular complexity index is 660. The van der Waals surface area contributed by atoms with Gasteiger partial charge in [-0.1, -0.05) is 36.9 Å². The van der Waals surface area contributed by atoms with E-state index in [9.17, 15) is 14.4 Å². The first-order valence-electron chi connectivity index (χ1n) is 8.19. The molecule has 0 bridgehead atoms. The number of hydrogen-bond donors (Lipinski definition) is 0. The van der Waals surface area contributed by atoms with E-state index in [0.29, 0.717) is 5.56 Å². The second-order valence-corrected chi connectivity index (χ2v) is 5.66. The first-order valence-corrected chi connectivity index (χ1v) is 8.19. The van der Waals surface area contributed by atoms with E-state index in [4.69, 9.17) is 14.2 Å². The zero-order valence-electron chi connectivity index (χ0n) is 14.6.